The second-order valence-corrected chi connectivity index (χ2v) is 4.96. The summed E-state index contributed by atoms with van der Waals surface area (Å²) in [4.78, 5) is 18.2. The van der Waals surface area contributed by atoms with Crippen LogP contribution in [0.5, 0.6) is 0 Å². The zero-order valence-corrected chi connectivity index (χ0v) is 11.6. The lowest BCUT2D eigenvalue weighted by Gasteiger charge is -2.35. The summed E-state index contributed by atoms with van der Waals surface area (Å²) in [6.45, 7) is 0.692. The highest BCUT2D eigenvalue weighted by Crippen LogP contribution is 2.24. The summed E-state index contributed by atoms with van der Waals surface area (Å²) in [6.07, 6.45) is 4.51. The number of halogens is 1. The molecule has 1 amide bonds. The lowest BCUT2D eigenvalue weighted by atomic mass is 9.98. The fourth-order valence-electron chi connectivity index (χ4n) is 2.67. The molecule has 1 aromatic rings. The molecule has 110 valence electrons. The number of anilines is 1. The minimum Gasteiger partial charge on any atom is -0.396 e. The Morgan fingerprint density at radius 1 is 1.60 bits per heavy atom. The molecule has 0 bridgehead atoms. The number of pyridine rings is 1. The number of hydrogen-bond acceptors (Lipinski definition) is 4. The van der Waals surface area contributed by atoms with Crippen molar-refractivity contribution < 1.29 is 14.3 Å². The number of rotatable bonds is 4. The van der Waals surface area contributed by atoms with E-state index in [1.165, 1.54) is 6.07 Å². The Labute approximate surface area is 117 Å². The Morgan fingerprint density at radius 3 is 3.10 bits per heavy atom. The van der Waals surface area contributed by atoms with Gasteiger partial charge in [-0.25, -0.2) is 9.37 Å². The van der Waals surface area contributed by atoms with Gasteiger partial charge in [-0.15, -0.1) is 0 Å². The smallest absolute Gasteiger partial charge is 0.257 e. The van der Waals surface area contributed by atoms with Crippen molar-refractivity contribution in [1.82, 2.24) is 9.88 Å². The molecule has 1 aromatic heterocycles. The predicted molar refractivity (Wildman–Crippen MR) is 74.1 cm³/mol. The molecule has 2 rings (SSSR count). The highest BCUT2D eigenvalue weighted by molar-refractivity contribution is 5.99. The van der Waals surface area contributed by atoms with Gasteiger partial charge in [0.25, 0.3) is 5.91 Å². The average molecular weight is 281 g/mol. The zero-order valence-electron chi connectivity index (χ0n) is 11.6. The van der Waals surface area contributed by atoms with Crippen molar-refractivity contribution in [3.63, 3.8) is 0 Å². The van der Waals surface area contributed by atoms with Gasteiger partial charge in [-0.1, -0.05) is 0 Å². The Kier molecular flexibility index (Phi) is 4.89. The third kappa shape index (κ3) is 3.07. The number of aliphatic hydroxyl groups excluding tert-OH is 1. The van der Waals surface area contributed by atoms with Gasteiger partial charge in [0.15, 0.2) is 0 Å². The van der Waals surface area contributed by atoms with Crippen LogP contribution in [0.3, 0.4) is 0 Å². The maximum absolute atomic E-state index is 13.4. The molecule has 0 aliphatic carbocycles. The number of nitrogens with one attached hydrogen (secondary N) is 1. The molecular formula is C14H20FN3O2. The SMILES string of the molecule is CNc1ncc(F)cc1C(=O)N1CCCCC1CCO. The molecule has 2 heterocycles. The maximum Gasteiger partial charge on any atom is 0.257 e. The van der Waals surface area contributed by atoms with Crippen molar-refractivity contribution >= 4 is 11.7 Å². The van der Waals surface area contributed by atoms with Crippen molar-refractivity contribution in [2.45, 2.75) is 31.7 Å². The minimum atomic E-state index is -0.525. The van der Waals surface area contributed by atoms with Gasteiger partial charge in [-0.05, 0) is 31.7 Å². The quantitative estimate of drug-likeness (QED) is 0.880. The topological polar surface area (TPSA) is 65.5 Å². The molecule has 1 atom stereocenters. The van der Waals surface area contributed by atoms with Crippen molar-refractivity contribution in [3.05, 3.63) is 23.6 Å². The second kappa shape index (κ2) is 6.65. The van der Waals surface area contributed by atoms with E-state index in [9.17, 15) is 9.18 Å². The molecule has 6 heteroatoms. The molecule has 0 aromatic carbocycles. The van der Waals surface area contributed by atoms with Crippen LogP contribution in [0.4, 0.5) is 10.2 Å². The van der Waals surface area contributed by atoms with Gasteiger partial charge < -0.3 is 15.3 Å². The van der Waals surface area contributed by atoms with Crippen LogP contribution in [0.2, 0.25) is 0 Å². The van der Waals surface area contributed by atoms with Gasteiger partial charge in [0.05, 0.1) is 11.8 Å². The molecule has 2 N–H and O–H groups in total. The first-order valence-electron chi connectivity index (χ1n) is 6.92. The van der Waals surface area contributed by atoms with E-state index >= 15 is 0 Å². The molecular weight excluding hydrogens is 261 g/mol. The Morgan fingerprint density at radius 2 is 2.40 bits per heavy atom. The Balaban J connectivity index is 2.26. The lowest BCUT2D eigenvalue weighted by Crippen LogP contribution is -2.44. The molecule has 1 fully saturated rings. The first kappa shape index (κ1) is 14.7. The van der Waals surface area contributed by atoms with E-state index in [1.807, 2.05) is 0 Å². The van der Waals surface area contributed by atoms with Crippen LogP contribution in [0, 0.1) is 5.82 Å². The van der Waals surface area contributed by atoms with Crippen LogP contribution in [0.1, 0.15) is 36.0 Å². The van der Waals surface area contributed by atoms with Crippen molar-refractivity contribution in [2.24, 2.45) is 0 Å². The van der Waals surface area contributed by atoms with Crippen LogP contribution in [-0.4, -0.2) is 47.1 Å². The van der Waals surface area contributed by atoms with Crippen LogP contribution in [-0.2, 0) is 0 Å². The molecule has 0 spiro atoms. The zero-order chi connectivity index (χ0) is 14.5. The molecule has 0 saturated carbocycles. The van der Waals surface area contributed by atoms with E-state index in [4.69, 9.17) is 5.11 Å². The molecule has 20 heavy (non-hydrogen) atoms. The third-order valence-corrected chi connectivity index (χ3v) is 3.67. The standard InChI is InChI=1S/C14H20FN3O2/c1-16-13-12(8-10(15)9-17-13)14(20)18-6-3-2-4-11(18)5-7-19/h8-9,11,19H,2-7H2,1H3,(H,16,17). The Hall–Kier alpha value is -1.69. The summed E-state index contributed by atoms with van der Waals surface area (Å²) in [5.41, 5.74) is 0.248. The number of hydrogen-bond donors (Lipinski definition) is 2. The summed E-state index contributed by atoms with van der Waals surface area (Å²) in [6, 6.07) is 1.24. The lowest BCUT2D eigenvalue weighted by molar-refractivity contribution is 0.0575. The van der Waals surface area contributed by atoms with E-state index < -0.39 is 5.82 Å². The van der Waals surface area contributed by atoms with Crippen molar-refractivity contribution in [1.29, 1.82) is 0 Å². The van der Waals surface area contributed by atoms with E-state index in [0.29, 0.717) is 18.8 Å². The molecule has 0 radical (unpaired) electrons. The van der Waals surface area contributed by atoms with Gasteiger partial charge in [0.2, 0.25) is 0 Å². The fourth-order valence-corrected chi connectivity index (χ4v) is 2.67. The largest absolute Gasteiger partial charge is 0.396 e. The molecule has 1 unspecified atom stereocenters. The summed E-state index contributed by atoms with van der Waals surface area (Å²) in [5, 5.41) is 11.9. The molecule has 5 nitrogen and oxygen atoms in total. The van der Waals surface area contributed by atoms with Gasteiger partial charge in [0.1, 0.15) is 11.6 Å². The van der Waals surface area contributed by atoms with Gasteiger partial charge in [0, 0.05) is 26.2 Å². The van der Waals surface area contributed by atoms with Crippen LogP contribution in [0.15, 0.2) is 12.3 Å². The monoisotopic (exact) mass is 281 g/mol. The first-order valence-corrected chi connectivity index (χ1v) is 6.92. The number of piperidine rings is 1. The van der Waals surface area contributed by atoms with Crippen LogP contribution < -0.4 is 5.32 Å². The van der Waals surface area contributed by atoms with Crippen molar-refractivity contribution in [3.8, 4) is 0 Å². The Bertz CT molecular complexity index is 479. The highest BCUT2D eigenvalue weighted by atomic mass is 19.1. The van der Waals surface area contributed by atoms with E-state index in [0.717, 1.165) is 25.5 Å². The normalized spacial score (nSPS) is 18.9. The summed E-state index contributed by atoms with van der Waals surface area (Å²) in [7, 11) is 1.65. The van der Waals surface area contributed by atoms with E-state index in [-0.39, 0.29) is 24.1 Å². The number of likely N-dealkylation sites (tertiary alicyclic amines) is 1. The van der Waals surface area contributed by atoms with Gasteiger partial charge >= 0.3 is 0 Å². The number of carbonyl (C=O) groups is 1. The second-order valence-electron chi connectivity index (χ2n) is 4.96. The highest BCUT2D eigenvalue weighted by Gasteiger charge is 2.28. The van der Waals surface area contributed by atoms with Gasteiger partial charge in [-0.3, -0.25) is 4.79 Å². The maximum atomic E-state index is 13.4. The molecule has 1 aliphatic heterocycles. The number of nitrogens with zero attached hydrogens (tertiary/aromatic N) is 2. The predicted octanol–water partition coefficient (Wildman–Crippen LogP) is 1.64. The van der Waals surface area contributed by atoms with E-state index in [2.05, 4.69) is 10.3 Å². The summed E-state index contributed by atoms with van der Waals surface area (Å²) < 4.78 is 13.4. The van der Waals surface area contributed by atoms with E-state index in [1.54, 1.807) is 11.9 Å². The fraction of sp³-hybridized carbons (Fsp3) is 0.571. The number of amides is 1. The van der Waals surface area contributed by atoms with Crippen LogP contribution >= 0.6 is 0 Å². The van der Waals surface area contributed by atoms with Crippen LogP contribution in [0.25, 0.3) is 0 Å². The van der Waals surface area contributed by atoms with Crippen molar-refractivity contribution in [2.75, 3.05) is 25.5 Å². The van der Waals surface area contributed by atoms with Gasteiger partial charge in [-0.2, -0.15) is 0 Å². The molecule has 1 aliphatic rings. The molecule has 1 saturated heterocycles. The number of aromatic nitrogens is 1. The summed E-state index contributed by atoms with van der Waals surface area (Å²) >= 11 is 0. The number of aliphatic hydroxyl groups is 1. The minimum absolute atomic E-state index is 0.0224. The average Bonchev–Trinajstić information content (AvgIpc) is 2.47. The third-order valence-electron chi connectivity index (χ3n) is 3.67. The first-order chi connectivity index (χ1) is 9.67. The summed E-state index contributed by atoms with van der Waals surface area (Å²) in [5.74, 6) is -0.368. The number of carbonyl (C=O) groups excluding carboxylic acids is 1.